The molecule has 0 bridgehead atoms. The van der Waals surface area contributed by atoms with Crippen LogP contribution in [-0.4, -0.2) is 9.52 Å². The van der Waals surface area contributed by atoms with Gasteiger partial charge in [0, 0.05) is 0 Å². The van der Waals surface area contributed by atoms with Gasteiger partial charge < -0.3 is 0 Å². The van der Waals surface area contributed by atoms with Crippen LogP contribution >= 0.6 is 0 Å². The molecule has 0 nitrogen and oxygen atoms in total. The van der Waals surface area contributed by atoms with E-state index in [1.807, 2.05) is 0 Å². The first-order valence-corrected chi connectivity index (χ1v) is 8.01. The van der Waals surface area contributed by atoms with Crippen LogP contribution in [0.4, 0.5) is 0 Å². The Hall–Kier alpha value is -2.12. The van der Waals surface area contributed by atoms with Crippen LogP contribution in [0.1, 0.15) is 0 Å². The van der Waals surface area contributed by atoms with Crippen molar-refractivity contribution < 1.29 is 0 Å². The minimum Gasteiger partial charge on any atom is -0.0633 e. The van der Waals surface area contributed by atoms with Gasteiger partial charge in [-0.05, 0) is 11.1 Å². The third-order valence-electron chi connectivity index (χ3n) is 3.29. The van der Waals surface area contributed by atoms with Crippen molar-refractivity contribution in [2.24, 2.45) is 0 Å². The fourth-order valence-corrected chi connectivity index (χ4v) is 3.88. The van der Waals surface area contributed by atoms with Crippen molar-refractivity contribution in [3.63, 3.8) is 0 Å². The maximum atomic E-state index is 2.34. The fraction of sp³-hybridized carbons (Fsp3) is 0. The predicted octanol–water partition coefficient (Wildman–Crippen LogP) is 2.47. The van der Waals surface area contributed by atoms with Crippen LogP contribution in [0.3, 0.4) is 0 Å². The highest BCUT2D eigenvalue weighted by atomic mass is 28.2. The lowest BCUT2D eigenvalue weighted by atomic mass is 10.1. The Morgan fingerprint density at radius 2 is 1.05 bits per heavy atom. The van der Waals surface area contributed by atoms with Crippen LogP contribution in [0.2, 0.25) is 0 Å². The van der Waals surface area contributed by atoms with E-state index < -0.39 is 0 Å². The number of rotatable bonds is 3. The van der Waals surface area contributed by atoms with Crippen molar-refractivity contribution >= 4 is 19.9 Å². The number of benzene rings is 3. The predicted molar refractivity (Wildman–Crippen MR) is 86.1 cm³/mol. The van der Waals surface area contributed by atoms with Crippen molar-refractivity contribution in [1.29, 1.82) is 0 Å². The zero-order chi connectivity index (χ0) is 12.9. The summed E-state index contributed by atoms with van der Waals surface area (Å²) in [5.41, 5.74) is 2.62. The van der Waals surface area contributed by atoms with Crippen LogP contribution in [-0.2, 0) is 0 Å². The van der Waals surface area contributed by atoms with Gasteiger partial charge in [-0.15, -0.1) is 0 Å². The Morgan fingerprint density at radius 3 is 1.79 bits per heavy atom. The highest BCUT2D eigenvalue weighted by molar-refractivity contribution is 6.67. The summed E-state index contributed by atoms with van der Waals surface area (Å²) in [7, 11) is -0.360. The summed E-state index contributed by atoms with van der Waals surface area (Å²) >= 11 is 0. The topological polar surface area (TPSA) is 0 Å². The molecular weight excluding hydrogens is 244 g/mol. The van der Waals surface area contributed by atoms with Crippen molar-refractivity contribution in [2.45, 2.75) is 0 Å². The van der Waals surface area contributed by atoms with E-state index in [1.54, 1.807) is 0 Å². The second-order valence-electron chi connectivity index (χ2n) is 4.73. The molecule has 92 valence electrons. The molecule has 3 aromatic carbocycles. The minimum absolute atomic E-state index is 0.360. The summed E-state index contributed by atoms with van der Waals surface area (Å²) in [5.74, 6) is 0. The molecule has 0 saturated heterocycles. The van der Waals surface area contributed by atoms with Crippen LogP contribution in [0.5, 0.6) is 0 Å². The van der Waals surface area contributed by atoms with E-state index in [1.165, 1.54) is 21.5 Å². The van der Waals surface area contributed by atoms with Crippen LogP contribution in [0.15, 0.2) is 84.9 Å². The lowest BCUT2D eigenvalue weighted by Gasteiger charge is -2.05. The summed E-state index contributed by atoms with van der Waals surface area (Å²) in [6.07, 6.45) is 0. The lowest BCUT2D eigenvalue weighted by molar-refractivity contribution is 1.64. The van der Waals surface area contributed by atoms with Crippen molar-refractivity contribution in [3.05, 3.63) is 84.9 Å². The molecule has 0 aromatic heterocycles. The second kappa shape index (κ2) is 5.68. The maximum Gasteiger partial charge on any atom is 0.0875 e. The standard InChI is InChI=1S/C18H16Si/c1-3-8-15(9-4-1)16-10-7-13-18(14-16)19-17-11-5-2-6-12-17/h1-14H,19H2. The molecular formula is C18H16Si. The normalized spacial score (nSPS) is 10.9. The maximum absolute atomic E-state index is 2.34. The van der Waals surface area contributed by atoms with E-state index in [2.05, 4.69) is 84.9 Å². The average molecular weight is 260 g/mol. The number of hydrogen-bond acceptors (Lipinski definition) is 0. The first kappa shape index (κ1) is 11.9. The van der Waals surface area contributed by atoms with Gasteiger partial charge in [-0.3, -0.25) is 0 Å². The van der Waals surface area contributed by atoms with Gasteiger partial charge in [0.05, 0.1) is 9.52 Å². The largest absolute Gasteiger partial charge is 0.0875 e. The summed E-state index contributed by atoms with van der Waals surface area (Å²) < 4.78 is 0. The SMILES string of the molecule is c1ccc([SiH2]c2cccc(-c3ccccc3)c2)cc1. The molecule has 0 radical (unpaired) electrons. The molecule has 0 aliphatic carbocycles. The van der Waals surface area contributed by atoms with Crippen LogP contribution in [0.25, 0.3) is 11.1 Å². The Morgan fingerprint density at radius 1 is 0.474 bits per heavy atom. The van der Waals surface area contributed by atoms with Gasteiger partial charge >= 0.3 is 0 Å². The van der Waals surface area contributed by atoms with Gasteiger partial charge in [-0.2, -0.15) is 0 Å². The third-order valence-corrected chi connectivity index (χ3v) is 5.01. The number of hydrogen-bond donors (Lipinski definition) is 0. The molecule has 0 saturated carbocycles. The Labute approximate surface area is 116 Å². The second-order valence-corrected chi connectivity index (χ2v) is 6.72. The van der Waals surface area contributed by atoms with E-state index >= 15 is 0 Å². The molecule has 1 heteroatoms. The summed E-state index contributed by atoms with van der Waals surface area (Å²) in [6.45, 7) is 0. The molecule has 3 rings (SSSR count). The quantitative estimate of drug-likeness (QED) is 0.635. The molecule has 0 fully saturated rings. The zero-order valence-corrected chi connectivity index (χ0v) is 12.2. The monoisotopic (exact) mass is 260 g/mol. The Balaban J connectivity index is 1.89. The van der Waals surface area contributed by atoms with Gasteiger partial charge in [-0.1, -0.05) is 95.3 Å². The molecule has 0 aliphatic rings. The van der Waals surface area contributed by atoms with E-state index in [4.69, 9.17) is 0 Å². The molecule has 0 amide bonds. The fourth-order valence-electron chi connectivity index (χ4n) is 2.32. The van der Waals surface area contributed by atoms with Gasteiger partial charge in [0.2, 0.25) is 0 Å². The van der Waals surface area contributed by atoms with Crippen LogP contribution < -0.4 is 10.4 Å². The molecule has 0 N–H and O–H groups in total. The molecule has 3 aromatic rings. The van der Waals surface area contributed by atoms with E-state index in [0.29, 0.717) is 0 Å². The zero-order valence-electron chi connectivity index (χ0n) is 10.8. The Bertz CT molecular complexity index is 645. The van der Waals surface area contributed by atoms with Crippen molar-refractivity contribution in [1.82, 2.24) is 0 Å². The lowest BCUT2D eigenvalue weighted by Crippen LogP contribution is -2.26. The van der Waals surface area contributed by atoms with Gasteiger partial charge in [-0.25, -0.2) is 0 Å². The average Bonchev–Trinajstić information content (AvgIpc) is 2.49. The van der Waals surface area contributed by atoms with Gasteiger partial charge in [0.25, 0.3) is 0 Å². The van der Waals surface area contributed by atoms with Gasteiger partial charge in [0.1, 0.15) is 0 Å². The molecule has 0 unspecified atom stereocenters. The Kier molecular flexibility index (Phi) is 3.57. The van der Waals surface area contributed by atoms with Gasteiger partial charge in [0.15, 0.2) is 0 Å². The molecule has 0 atom stereocenters. The van der Waals surface area contributed by atoms with Crippen molar-refractivity contribution in [3.8, 4) is 11.1 Å². The highest BCUT2D eigenvalue weighted by Gasteiger charge is 2.00. The first-order chi connectivity index (χ1) is 9.42. The van der Waals surface area contributed by atoms with E-state index in [9.17, 15) is 0 Å². The first-order valence-electron chi connectivity index (χ1n) is 6.60. The molecule has 0 aliphatic heterocycles. The van der Waals surface area contributed by atoms with E-state index in [-0.39, 0.29) is 9.52 Å². The van der Waals surface area contributed by atoms with Crippen molar-refractivity contribution in [2.75, 3.05) is 0 Å². The smallest absolute Gasteiger partial charge is 0.0633 e. The molecule has 0 heterocycles. The summed E-state index contributed by atoms with van der Waals surface area (Å²) in [4.78, 5) is 0. The summed E-state index contributed by atoms with van der Waals surface area (Å²) in [6, 6.07) is 30.4. The molecule has 19 heavy (non-hydrogen) atoms. The minimum atomic E-state index is -0.360. The highest BCUT2D eigenvalue weighted by Crippen LogP contribution is 2.16. The summed E-state index contributed by atoms with van der Waals surface area (Å²) in [5, 5.41) is 2.99. The third kappa shape index (κ3) is 3.01. The van der Waals surface area contributed by atoms with Crippen LogP contribution in [0, 0.1) is 0 Å². The van der Waals surface area contributed by atoms with E-state index in [0.717, 1.165) is 0 Å². The molecule has 0 spiro atoms.